The van der Waals surface area contributed by atoms with E-state index in [0.717, 1.165) is 0 Å². The molecule has 0 saturated heterocycles. The van der Waals surface area contributed by atoms with Crippen LogP contribution in [0.15, 0.2) is 24.8 Å². The Morgan fingerprint density at radius 3 is 2.70 bits per heavy atom. The third-order valence-corrected chi connectivity index (χ3v) is 2.71. The van der Waals surface area contributed by atoms with Crippen LogP contribution in [-0.4, -0.2) is 43.3 Å². The molecular weight excluding hydrogens is 306 g/mol. The van der Waals surface area contributed by atoms with Crippen molar-refractivity contribution in [1.82, 2.24) is 5.32 Å². The van der Waals surface area contributed by atoms with Crippen LogP contribution in [0.1, 0.15) is 15.9 Å². The fourth-order valence-corrected chi connectivity index (χ4v) is 1.67. The second-order valence-electron chi connectivity index (χ2n) is 4.27. The Labute approximate surface area is 132 Å². The first-order valence-electron chi connectivity index (χ1n) is 6.64. The molecule has 0 fully saturated rings. The summed E-state index contributed by atoms with van der Waals surface area (Å²) in [6.45, 7) is 4.17. The Balaban J connectivity index is 2.44. The van der Waals surface area contributed by atoms with Crippen LogP contribution in [0.25, 0.3) is 6.08 Å². The molecule has 0 unspecified atom stereocenters. The second-order valence-corrected chi connectivity index (χ2v) is 4.27. The van der Waals surface area contributed by atoms with Crippen LogP contribution < -0.4 is 11.1 Å². The Kier molecular flexibility index (Phi) is 7.21. The topological polar surface area (TPSA) is 134 Å². The van der Waals surface area contributed by atoms with Crippen molar-refractivity contribution in [2.24, 2.45) is 5.73 Å². The Hall–Kier alpha value is -2.94. The zero-order valence-corrected chi connectivity index (χ0v) is 12.3. The van der Waals surface area contributed by atoms with Crippen LogP contribution in [0.2, 0.25) is 0 Å². The van der Waals surface area contributed by atoms with Gasteiger partial charge in [0.1, 0.15) is 6.61 Å². The van der Waals surface area contributed by atoms with E-state index in [2.05, 4.69) is 16.6 Å². The van der Waals surface area contributed by atoms with Crippen LogP contribution in [0, 0.1) is 10.1 Å². The van der Waals surface area contributed by atoms with Crippen molar-refractivity contribution >= 4 is 23.8 Å². The van der Waals surface area contributed by atoms with Crippen LogP contribution in [0.3, 0.4) is 0 Å². The van der Waals surface area contributed by atoms with E-state index in [-0.39, 0.29) is 37.6 Å². The van der Waals surface area contributed by atoms with Crippen LogP contribution in [0.5, 0.6) is 0 Å². The van der Waals surface area contributed by atoms with E-state index in [1.165, 1.54) is 24.3 Å². The Morgan fingerprint density at radius 1 is 1.35 bits per heavy atom. The van der Waals surface area contributed by atoms with Gasteiger partial charge in [-0.3, -0.25) is 14.9 Å². The fourth-order valence-electron chi connectivity index (χ4n) is 1.67. The number of primary amides is 1. The molecule has 1 aromatic carbocycles. The molecule has 0 aliphatic rings. The lowest BCUT2D eigenvalue weighted by Gasteiger charge is -2.08. The summed E-state index contributed by atoms with van der Waals surface area (Å²) in [5.74, 6) is -0.396. The summed E-state index contributed by atoms with van der Waals surface area (Å²) < 4.78 is 9.58. The highest BCUT2D eigenvalue weighted by atomic mass is 16.6. The summed E-state index contributed by atoms with van der Waals surface area (Å²) in [5, 5.41) is 13.3. The highest BCUT2D eigenvalue weighted by Gasteiger charge is 2.13. The third kappa shape index (κ3) is 6.14. The average molecular weight is 323 g/mol. The molecule has 0 spiro atoms. The normalized spacial score (nSPS) is 9.91. The average Bonchev–Trinajstić information content (AvgIpc) is 2.52. The molecule has 0 bridgehead atoms. The first-order chi connectivity index (χ1) is 11.0. The first kappa shape index (κ1) is 18.1. The molecule has 0 heterocycles. The lowest BCUT2D eigenvalue weighted by atomic mass is 10.1. The zero-order chi connectivity index (χ0) is 17.2. The lowest BCUT2D eigenvalue weighted by Crippen LogP contribution is -2.28. The lowest BCUT2D eigenvalue weighted by molar-refractivity contribution is -0.384. The smallest absolute Gasteiger partial charge is 0.404 e. The molecule has 0 radical (unpaired) electrons. The van der Waals surface area contributed by atoms with Gasteiger partial charge in [-0.1, -0.05) is 12.7 Å². The molecule has 0 atom stereocenters. The number of nitro benzene ring substituents is 1. The number of amides is 2. The minimum atomic E-state index is -0.878. The van der Waals surface area contributed by atoms with Gasteiger partial charge >= 0.3 is 6.09 Å². The third-order valence-electron chi connectivity index (χ3n) is 2.71. The van der Waals surface area contributed by atoms with Crippen molar-refractivity contribution < 1.29 is 24.0 Å². The molecule has 1 aromatic rings. The second kappa shape index (κ2) is 9.15. The SMILES string of the molecule is C=Cc1cc([N+](=O)[O-])ccc1C(=O)NCCOCCOC(N)=O. The molecule has 9 nitrogen and oxygen atoms in total. The number of nitrogens with zero attached hydrogens (tertiary/aromatic N) is 1. The molecule has 0 aliphatic carbocycles. The monoisotopic (exact) mass is 323 g/mol. The van der Waals surface area contributed by atoms with Gasteiger partial charge in [-0.05, 0) is 11.6 Å². The number of carbonyl (C=O) groups excluding carboxylic acids is 2. The number of rotatable bonds is 9. The first-order valence-corrected chi connectivity index (χ1v) is 6.64. The number of ether oxygens (including phenoxy) is 2. The van der Waals surface area contributed by atoms with Crippen molar-refractivity contribution in [3.05, 3.63) is 46.0 Å². The number of nitrogens with one attached hydrogen (secondary N) is 1. The maximum Gasteiger partial charge on any atom is 0.404 e. The molecule has 9 heteroatoms. The molecule has 0 saturated carbocycles. The van der Waals surface area contributed by atoms with Gasteiger partial charge in [-0.2, -0.15) is 0 Å². The van der Waals surface area contributed by atoms with E-state index in [9.17, 15) is 19.7 Å². The van der Waals surface area contributed by atoms with Gasteiger partial charge in [-0.25, -0.2) is 4.79 Å². The number of nitro groups is 1. The predicted molar refractivity (Wildman–Crippen MR) is 81.9 cm³/mol. The molecule has 0 aromatic heterocycles. The number of hydrogen-bond donors (Lipinski definition) is 2. The standard InChI is InChI=1S/C14H17N3O6/c1-2-10-9-11(17(20)21)3-4-12(10)13(18)16-5-6-22-7-8-23-14(15)19/h2-4,9H,1,5-8H2,(H2,15,19)(H,16,18). The van der Waals surface area contributed by atoms with Gasteiger partial charge in [0.2, 0.25) is 0 Å². The number of carbonyl (C=O) groups is 2. The van der Waals surface area contributed by atoms with Crippen molar-refractivity contribution in [1.29, 1.82) is 0 Å². The minimum Gasteiger partial charge on any atom is -0.447 e. The summed E-state index contributed by atoms with van der Waals surface area (Å²) in [4.78, 5) is 32.5. The van der Waals surface area contributed by atoms with Crippen molar-refractivity contribution in [2.75, 3.05) is 26.4 Å². The summed E-state index contributed by atoms with van der Waals surface area (Å²) >= 11 is 0. The molecule has 1 rings (SSSR count). The largest absolute Gasteiger partial charge is 0.447 e. The van der Waals surface area contributed by atoms with Crippen LogP contribution >= 0.6 is 0 Å². The predicted octanol–water partition coefficient (Wildman–Crippen LogP) is 1.08. The number of benzene rings is 1. The summed E-state index contributed by atoms with van der Waals surface area (Å²) in [6, 6.07) is 3.89. The van der Waals surface area contributed by atoms with Gasteiger partial charge in [0.05, 0.1) is 18.1 Å². The van der Waals surface area contributed by atoms with Crippen molar-refractivity contribution in [3.8, 4) is 0 Å². The highest BCUT2D eigenvalue weighted by molar-refractivity contribution is 5.98. The minimum absolute atomic E-state index is 0.0340. The van der Waals surface area contributed by atoms with E-state index in [4.69, 9.17) is 10.5 Å². The van der Waals surface area contributed by atoms with Gasteiger partial charge in [0.25, 0.3) is 11.6 Å². The van der Waals surface area contributed by atoms with E-state index in [1.54, 1.807) is 0 Å². The molecule has 3 N–H and O–H groups in total. The van der Waals surface area contributed by atoms with E-state index >= 15 is 0 Å². The van der Waals surface area contributed by atoms with E-state index in [1.807, 2.05) is 0 Å². The molecule has 0 aliphatic heterocycles. The van der Waals surface area contributed by atoms with Gasteiger partial charge in [0, 0.05) is 24.2 Å². The Bertz CT molecular complexity index is 602. The number of non-ortho nitro benzene ring substituents is 1. The highest BCUT2D eigenvalue weighted by Crippen LogP contribution is 2.18. The molecule has 124 valence electrons. The summed E-state index contributed by atoms with van der Waals surface area (Å²) in [6.07, 6.45) is 0.497. The van der Waals surface area contributed by atoms with Crippen LogP contribution in [0.4, 0.5) is 10.5 Å². The summed E-state index contributed by atoms with van der Waals surface area (Å²) in [7, 11) is 0. The van der Waals surface area contributed by atoms with Crippen LogP contribution in [-0.2, 0) is 9.47 Å². The maximum atomic E-state index is 12.0. The molecule has 2 amide bonds. The molecule has 23 heavy (non-hydrogen) atoms. The quantitative estimate of drug-likeness (QED) is 0.397. The fraction of sp³-hybridized carbons (Fsp3) is 0.286. The van der Waals surface area contributed by atoms with Crippen molar-refractivity contribution in [3.63, 3.8) is 0 Å². The van der Waals surface area contributed by atoms with E-state index < -0.39 is 16.9 Å². The summed E-state index contributed by atoms with van der Waals surface area (Å²) in [5.41, 5.74) is 5.30. The molecular formula is C14H17N3O6. The van der Waals surface area contributed by atoms with Gasteiger partial charge < -0.3 is 20.5 Å². The van der Waals surface area contributed by atoms with Crippen molar-refractivity contribution in [2.45, 2.75) is 0 Å². The van der Waals surface area contributed by atoms with Gasteiger partial charge in [-0.15, -0.1) is 0 Å². The number of hydrogen-bond acceptors (Lipinski definition) is 6. The Morgan fingerprint density at radius 2 is 2.09 bits per heavy atom. The number of nitrogens with two attached hydrogens (primary N) is 1. The zero-order valence-electron chi connectivity index (χ0n) is 12.3. The van der Waals surface area contributed by atoms with E-state index in [0.29, 0.717) is 5.56 Å². The van der Waals surface area contributed by atoms with Gasteiger partial charge in [0.15, 0.2) is 0 Å². The maximum absolute atomic E-state index is 12.0.